The first kappa shape index (κ1) is 13.6. The zero-order valence-corrected chi connectivity index (χ0v) is 12.1. The Morgan fingerprint density at radius 2 is 1.81 bits per heavy atom. The van der Waals surface area contributed by atoms with Crippen LogP contribution in [0.4, 0.5) is 10.2 Å². The zero-order chi connectivity index (χ0) is 15.0. The highest BCUT2D eigenvalue weighted by atomic mass is 35.5. The van der Waals surface area contributed by atoms with Crippen molar-refractivity contribution in [2.45, 2.75) is 0 Å². The molecule has 0 aliphatic carbocycles. The Kier molecular flexibility index (Phi) is 3.39. The molecule has 0 saturated carbocycles. The van der Waals surface area contributed by atoms with Gasteiger partial charge in [0.2, 0.25) is 0 Å². The third-order valence-corrected chi connectivity index (χ3v) is 3.54. The van der Waals surface area contributed by atoms with Crippen molar-refractivity contribution in [3.63, 3.8) is 0 Å². The van der Waals surface area contributed by atoms with E-state index in [0.29, 0.717) is 22.1 Å². The van der Waals surface area contributed by atoms with Crippen LogP contribution < -0.4 is 5.73 Å². The minimum atomic E-state index is -0.311. The Hall–Kier alpha value is -2.33. The van der Waals surface area contributed by atoms with Gasteiger partial charge in [-0.1, -0.05) is 35.9 Å². The summed E-state index contributed by atoms with van der Waals surface area (Å²) < 4.78 is 15.1. The largest absolute Gasteiger partial charge is 0.383 e. The molecule has 2 aromatic carbocycles. The van der Waals surface area contributed by atoms with Crippen molar-refractivity contribution >= 4 is 17.4 Å². The van der Waals surface area contributed by atoms with Gasteiger partial charge in [0, 0.05) is 17.6 Å². The van der Waals surface area contributed by atoms with Crippen LogP contribution in [0.2, 0.25) is 5.02 Å². The van der Waals surface area contributed by atoms with Gasteiger partial charge in [-0.2, -0.15) is 5.10 Å². The Balaban J connectivity index is 2.25. The molecule has 0 bridgehead atoms. The Bertz CT molecular complexity index is 811. The number of benzene rings is 2. The van der Waals surface area contributed by atoms with Crippen LogP contribution in [-0.2, 0) is 7.05 Å². The standard InChI is InChI=1S/C16H13ClFN3/c1-21-16(19)14(10-4-2-6-12(17)8-10)15(20-21)11-5-3-7-13(18)9-11/h2-9H,19H2,1H3. The fraction of sp³-hybridized carbons (Fsp3) is 0.0625. The molecule has 2 N–H and O–H groups in total. The normalized spacial score (nSPS) is 10.8. The molecule has 0 atom stereocenters. The minimum absolute atomic E-state index is 0.311. The average Bonchev–Trinajstić information content (AvgIpc) is 2.75. The second-order valence-electron chi connectivity index (χ2n) is 4.75. The summed E-state index contributed by atoms with van der Waals surface area (Å²) >= 11 is 6.05. The smallest absolute Gasteiger partial charge is 0.129 e. The van der Waals surface area contributed by atoms with E-state index in [4.69, 9.17) is 17.3 Å². The summed E-state index contributed by atoms with van der Waals surface area (Å²) in [6, 6.07) is 13.7. The monoisotopic (exact) mass is 301 g/mol. The third-order valence-electron chi connectivity index (χ3n) is 3.30. The number of rotatable bonds is 2. The average molecular weight is 302 g/mol. The number of nitrogen functional groups attached to an aromatic ring is 1. The van der Waals surface area contributed by atoms with Gasteiger partial charge in [-0.05, 0) is 29.8 Å². The van der Waals surface area contributed by atoms with Crippen molar-refractivity contribution in [2.75, 3.05) is 5.73 Å². The number of nitrogens with two attached hydrogens (primary N) is 1. The van der Waals surface area contributed by atoms with Crippen molar-refractivity contribution < 1.29 is 4.39 Å². The number of anilines is 1. The lowest BCUT2D eigenvalue weighted by atomic mass is 10.0. The maximum Gasteiger partial charge on any atom is 0.129 e. The van der Waals surface area contributed by atoms with E-state index in [1.807, 2.05) is 18.2 Å². The molecule has 3 nitrogen and oxygen atoms in total. The number of halogens is 2. The topological polar surface area (TPSA) is 43.8 Å². The summed E-state index contributed by atoms with van der Waals surface area (Å²) in [6.07, 6.45) is 0. The number of hydrogen-bond acceptors (Lipinski definition) is 2. The van der Waals surface area contributed by atoms with Crippen LogP contribution in [0.1, 0.15) is 0 Å². The van der Waals surface area contributed by atoms with Crippen molar-refractivity contribution in [1.82, 2.24) is 9.78 Å². The molecule has 0 saturated heterocycles. The molecule has 0 radical (unpaired) electrons. The maximum absolute atomic E-state index is 13.5. The number of hydrogen-bond donors (Lipinski definition) is 1. The van der Waals surface area contributed by atoms with Gasteiger partial charge in [0.15, 0.2) is 0 Å². The van der Waals surface area contributed by atoms with Gasteiger partial charge in [0.05, 0.1) is 5.56 Å². The van der Waals surface area contributed by atoms with Gasteiger partial charge >= 0.3 is 0 Å². The van der Waals surface area contributed by atoms with E-state index in [-0.39, 0.29) is 5.82 Å². The van der Waals surface area contributed by atoms with Crippen LogP contribution in [0.3, 0.4) is 0 Å². The van der Waals surface area contributed by atoms with E-state index in [2.05, 4.69) is 5.10 Å². The third kappa shape index (κ3) is 2.50. The highest BCUT2D eigenvalue weighted by Gasteiger charge is 2.17. The first-order chi connectivity index (χ1) is 10.1. The summed E-state index contributed by atoms with van der Waals surface area (Å²) in [5.74, 6) is 0.199. The molecule has 1 heterocycles. The van der Waals surface area contributed by atoms with E-state index in [0.717, 1.165) is 11.1 Å². The molecular formula is C16H13ClFN3. The van der Waals surface area contributed by atoms with Gasteiger partial charge < -0.3 is 5.73 Å². The Morgan fingerprint density at radius 3 is 2.52 bits per heavy atom. The van der Waals surface area contributed by atoms with Gasteiger partial charge in [0.25, 0.3) is 0 Å². The quantitative estimate of drug-likeness (QED) is 0.773. The summed E-state index contributed by atoms with van der Waals surface area (Å²) in [7, 11) is 1.76. The molecule has 1 aromatic heterocycles. The molecule has 0 unspecified atom stereocenters. The number of aryl methyl sites for hydroxylation is 1. The van der Waals surface area contributed by atoms with Crippen LogP contribution in [0.5, 0.6) is 0 Å². The molecular weight excluding hydrogens is 289 g/mol. The molecule has 3 rings (SSSR count). The molecule has 0 fully saturated rings. The second-order valence-corrected chi connectivity index (χ2v) is 5.19. The number of aromatic nitrogens is 2. The van der Waals surface area contributed by atoms with Crippen molar-refractivity contribution in [2.24, 2.45) is 7.05 Å². The highest BCUT2D eigenvalue weighted by Crippen LogP contribution is 2.36. The SMILES string of the molecule is Cn1nc(-c2cccc(F)c2)c(-c2cccc(Cl)c2)c1N. The lowest BCUT2D eigenvalue weighted by Gasteiger charge is -2.05. The fourth-order valence-corrected chi connectivity index (χ4v) is 2.49. The van der Waals surface area contributed by atoms with Gasteiger partial charge in [-0.3, -0.25) is 4.68 Å². The van der Waals surface area contributed by atoms with Crippen LogP contribution in [0.15, 0.2) is 48.5 Å². The molecule has 0 aliphatic rings. The van der Waals surface area contributed by atoms with Crippen LogP contribution in [-0.4, -0.2) is 9.78 Å². The molecule has 3 aromatic rings. The van der Waals surface area contributed by atoms with Crippen molar-refractivity contribution in [3.8, 4) is 22.4 Å². The molecule has 0 amide bonds. The summed E-state index contributed by atoms with van der Waals surface area (Å²) in [5, 5.41) is 5.02. The van der Waals surface area contributed by atoms with Gasteiger partial charge in [-0.25, -0.2) is 4.39 Å². The van der Waals surface area contributed by atoms with Crippen LogP contribution in [0, 0.1) is 5.82 Å². The van der Waals surface area contributed by atoms with E-state index < -0.39 is 0 Å². The fourth-order valence-electron chi connectivity index (χ4n) is 2.30. The van der Waals surface area contributed by atoms with E-state index in [9.17, 15) is 4.39 Å². The lowest BCUT2D eigenvalue weighted by Crippen LogP contribution is -1.97. The molecule has 106 valence electrons. The molecule has 0 spiro atoms. The lowest BCUT2D eigenvalue weighted by molar-refractivity contribution is 0.628. The van der Waals surface area contributed by atoms with Gasteiger partial charge in [0.1, 0.15) is 17.3 Å². The second kappa shape index (κ2) is 5.22. The van der Waals surface area contributed by atoms with Gasteiger partial charge in [-0.15, -0.1) is 0 Å². The first-order valence-electron chi connectivity index (χ1n) is 6.40. The van der Waals surface area contributed by atoms with E-state index in [1.165, 1.54) is 12.1 Å². The first-order valence-corrected chi connectivity index (χ1v) is 6.78. The minimum Gasteiger partial charge on any atom is -0.383 e. The maximum atomic E-state index is 13.5. The predicted octanol–water partition coefficient (Wildman–Crippen LogP) is 4.13. The number of nitrogens with zero attached hydrogens (tertiary/aromatic N) is 2. The van der Waals surface area contributed by atoms with E-state index >= 15 is 0 Å². The molecule has 0 aliphatic heterocycles. The van der Waals surface area contributed by atoms with Crippen LogP contribution in [0.25, 0.3) is 22.4 Å². The van der Waals surface area contributed by atoms with E-state index in [1.54, 1.807) is 29.9 Å². The predicted molar refractivity (Wildman–Crippen MR) is 83.5 cm³/mol. The Morgan fingerprint density at radius 1 is 1.10 bits per heavy atom. The summed E-state index contributed by atoms with van der Waals surface area (Å²) in [4.78, 5) is 0. The van der Waals surface area contributed by atoms with Crippen molar-refractivity contribution in [3.05, 3.63) is 59.4 Å². The Labute approximate surface area is 126 Å². The highest BCUT2D eigenvalue weighted by molar-refractivity contribution is 6.30. The van der Waals surface area contributed by atoms with Crippen molar-refractivity contribution in [1.29, 1.82) is 0 Å². The molecule has 5 heteroatoms. The molecule has 21 heavy (non-hydrogen) atoms. The summed E-state index contributed by atoms with van der Waals surface area (Å²) in [6.45, 7) is 0. The summed E-state index contributed by atoms with van der Waals surface area (Å²) in [5.41, 5.74) is 9.05. The zero-order valence-electron chi connectivity index (χ0n) is 11.3. The van der Waals surface area contributed by atoms with Crippen LogP contribution >= 0.6 is 11.6 Å².